The second-order valence-corrected chi connectivity index (χ2v) is 7.34. The van der Waals surface area contributed by atoms with E-state index in [1.165, 1.54) is 44.2 Å². The normalized spacial score (nSPS) is 10.3. The van der Waals surface area contributed by atoms with Crippen molar-refractivity contribution >= 4 is 35.3 Å². The van der Waals surface area contributed by atoms with Gasteiger partial charge >= 0.3 is 11.9 Å². The summed E-state index contributed by atoms with van der Waals surface area (Å²) in [6.45, 7) is 0. The molecule has 0 unspecified atom stereocenters. The maximum atomic E-state index is 12.5. The van der Waals surface area contributed by atoms with Crippen LogP contribution in [0.1, 0.15) is 20.7 Å². The summed E-state index contributed by atoms with van der Waals surface area (Å²) >= 11 is 1.24. The van der Waals surface area contributed by atoms with E-state index in [1.807, 2.05) is 28.8 Å². The van der Waals surface area contributed by atoms with Crippen molar-refractivity contribution in [3.05, 3.63) is 66.0 Å². The van der Waals surface area contributed by atoms with Crippen LogP contribution in [0.15, 0.2) is 60.0 Å². The fraction of sp³-hybridized carbons (Fsp3) is 0.182. The second-order valence-electron chi connectivity index (χ2n) is 6.40. The van der Waals surface area contributed by atoms with Gasteiger partial charge in [0.25, 0.3) is 0 Å². The van der Waals surface area contributed by atoms with Crippen LogP contribution in [0, 0.1) is 0 Å². The van der Waals surface area contributed by atoms with Gasteiger partial charge in [-0.1, -0.05) is 17.8 Å². The van der Waals surface area contributed by atoms with Gasteiger partial charge in [-0.25, -0.2) is 14.6 Å². The summed E-state index contributed by atoms with van der Waals surface area (Å²) < 4.78 is 16.5. The van der Waals surface area contributed by atoms with Crippen LogP contribution in [-0.4, -0.2) is 54.5 Å². The zero-order valence-electron chi connectivity index (χ0n) is 17.7. The van der Waals surface area contributed by atoms with Gasteiger partial charge in [-0.3, -0.25) is 9.36 Å². The molecule has 0 saturated carbocycles. The zero-order chi connectivity index (χ0) is 23.1. The fourth-order valence-electron chi connectivity index (χ4n) is 2.85. The number of hydrogen-bond acceptors (Lipinski definition) is 8. The van der Waals surface area contributed by atoms with Gasteiger partial charge in [0.1, 0.15) is 5.75 Å². The van der Waals surface area contributed by atoms with E-state index in [9.17, 15) is 14.4 Å². The predicted octanol–water partition coefficient (Wildman–Crippen LogP) is 3.18. The lowest BCUT2D eigenvalue weighted by molar-refractivity contribution is -0.113. The topological polar surface area (TPSA) is 109 Å². The number of ether oxygens (including phenoxy) is 3. The Balaban J connectivity index is 1.73. The number of benzene rings is 2. The number of imidazole rings is 1. The van der Waals surface area contributed by atoms with Crippen LogP contribution in [0.25, 0.3) is 5.69 Å². The van der Waals surface area contributed by atoms with Gasteiger partial charge < -0.3 is 19.5 Å². The molecule has 0 bridgehead atoms. The van der Waals surface area contributed by atoms with E-state index in [0.29, 0.717) is 10.9 Å². The molecule has 0 fully saturated rings. The summed E-state index contributed by atoms with van der Waals surface area (Å²) in [4.78, 5) is 40.6. The van der Waals surface area contributed by atoms with Crippen molar-refractivity contribution in [3.63, 3.8) is 0 Å². The minimum absolute atomic E-state index is 0.0526. The third-order valence-electron chi connectivity index (χ3n) is 4.33. The molecule has 1 heterocycles. The molecular formula is C22H21N3O6S. The Morgan fingerprint density at radius 2 is 1.69 bits per heavy atom. The van der Waals surface area contributed by atoms with Crippen molar-refractivity contribution in [3.8, 4) is 11.4 Å². The third kappa shape index (κ3) is 5.46. The number of rotatable bonds is 8. The average molecular weight is 455 g/mol. The number of thioether (sulfide) groups is 1. The lowest BCUT2D eigenvalue weighted by Crippen LogP contribution is -2.16. The van der Waals surface area contributed by atoms with Crippen molar-refractivity contribution in [1.29, 1.82) is 0 Å². The Kier molecular flexibility index (Phi) is 7.50. The van der Waals surface area contributed by atoms with Crippen LogP contribution >= 0.6 is 11.8 Å². The van der Waals surface area contributed by atoms with Crippen LogP contribution in [-0.2, 0) is 14.3 Å². The summed E-state index contributed by atoms with van der Waals surface area (Å²) in [7, 11) is 4.05. The number of carbonyl (C=O) groups excluding carboxylic acids is 3. The number of anilines is 1. The largest absolute Gasteiger partial charge is 0.497 e. The van der Waals surface area contributed by atoms with Gasteiger partial charge in [-0.05, 0) is 30.3 Å². The third-order valence-corrected chi connectivity index (χ3v) is 5.30. The molecule has 1 aromatic heterocycles. The molecule has 1 N–H and O–H groups in total. The highest BCUT2D eigenvalue weighted by atomic mass is 32.2. The van der Waals surface area contributed by atoms with E-state index >= 15 is 0 Å². The Morgan fingerprint density at radius 3 is 2.31 bits per heavy atom. The first kappa shape index (κ1) is 22.9. The number of amides is 1. The second kappa shape index (κ2) is 10.5. The summed E-state index contributed by atoms with van der Waals surface area (Å²) in [6.07, 6.45) is 3.43. The standard InChI is InChI=1S/C22H21N3O6S/c1-29-18-6-4-5-17(12-18)25-8-7-23-22(25)32-13-19(26)24-16-10-14(20(27)30-2)9-15(11-16)21(28)31-3/h4-12H,13H2,1-3H3,(H,24,26). The molecular weight excluding hydrogens is 434 g/mol. The Morgan fingerprint density at radius 1 is 1.00 bits per heavy atom. The van der Waals surface area contributed by atoms with E-state index in [0.717, 1.165) is 5.69 Å². The SMILES string of the molecule is COC(=O)c1cc(NC(=O)CSc2nccn2-c2cccc(OC)c2)cc(C(=O)OC)c1. The van der Waals surface area contributed by atoms with Gasteiger partial charge in [0.15, 0.2) is 5.16 Å². The lowest BCUT2D eigenvalue weighted by atomic mass is 10.1. The van der Waals surface area contributed by atoms with Crippen LogP contribution in [0.4, 0.5) is 5.69 Å². The molecule has 3 aromatic rings. The quantitative estimate of drug-likeness (QED) is 0.408. The molecule has 0 saturated heterocycles. The van der Waals surface area contributed by atoms with E-state index in [2.05, 4.69) is 10.3 Å². The minimum Gasteiger partial charge on any atom is -0.497 e. The Bertz CT molecular complexity index is 1110. The molecule has 10 heteroatoms. The summed E-state index contributed by atoms with van der Waals surface area (Å²) in [5.41, 5.74) is 1.35. The number of methoxy groups -OCH3 is 3. The molecule has 1 amide bonds. The van der Waals surface area contributed by atoms with Crippen LogP contribution < -0.4 is 10.1 Å². The molecule has 9 nitrogen and oxygen atoms in total. The van der Waals surface area contributed by atoms with E-state index in [-0.39, 0.29) is 28.5 Å². The number of hydrogen-bond donors (Lipinski definition) is 1. The summed E-state index contributed by atoms with van der Waals surface area (Å²) in [6, 6.07) is 11.7. The zero-order valence-corrected chi connectivity index (χ0v) is 18.5. The molecule has 0 aliphatic carbocycles. The average Bonchev–Trinajstić information content (AvgIpc) is 3.30. The number of nitrogens with one attached hydrogen (secondary N) is 1. The molecule has 2 aromatic carbocycles. The van der Waals surface area contributed by atoms with E-state index in [1.54, 1.807) is 19.5 Å². The van der Waals surface area contributed by atoms with Crippen LogP contribution in [0.3, 0.4) is 0 Å². The monoisotopic (exact) mass is 455 g/mol. The van der Waals surface area contributed by atoms with Gasteiger partial charge in [0.2, 0.25) is 5.91 Å². The van der Waals surface area contributed by atoms with Crippen molar-refractivity contribution < 1.29 is 28.6 Å². The minimum atomic E-state index is -0.638. The molecule has 3 rings (SSSR count). The molecule has 0 aliphatic heterocycles. The van der Waals surface area contributed by atoms with Gasteiger partial charge in [-0.15, -0.1) is 0 Å². The van der Waals surface area contributed by atoms with Crippen LogP contribution in [0.5, 0.6) is 5.75 Å². The van der Waals surface area contributed by atoms with E-state index in [4.69, 9.17) is 14.2 Å². The van der Waals surface area contributed by atoms with Crippen LogP contribution in [0.2, 0.25) is 0 Å². The maximum absolute atomic E-state index is 12.5. The van der Waals surface area contributed by atoms with Gasteiger partial charge in [0, 0.05) is 24.1 Å². The predicted molar refractivity (Wildman–Crippen MR) is 119 cm³/mol. The molecule has 0 atom stereocenters. The maximum Gasteiger partial charge on any atom is 0.337 e. The highest BCUT2D eigenvalue weighted by Gasteiger charge is 2.16. The molecule has 0 radical (unpaired) electrons. The smallest absolute Gasteiger partial charge is 0.337 e. The first-order valence-corrected chi connectivity index (χ1v) is 10.4. The molecule has 0 aliphatic rings. The van der Waals surface area contributed by atoms with Crippen molar-refractivity contribution in [2.75, 3.05) is 32.4 Å². The number of carbonyl (C=O) groups is 3. The lowest BCUT2D eigenvalue weighted by Gasteiger charge is -2.11. The molecule has 0 spiro atoms. The van der Waals surface area contributed by atoms with Crippen molar-refractivity contribution in [1.82, 2.24) is 9.55 Å². The first-order valence-electron chi connectivity index (χ1n) is 9.37. The van der Waals surface area contributed by atoms with E-state index < -0.39 is 11.9 Å². The summed E-state index contributed by atoms with van der Waals surface area (Å²) in [5.74, 6) is -0.858. The number of aromatic nitrogens is 2. The highest BCUT2D eigenvalue weighted by Crippen LogP contribution is 2.24. The number of esters is 2. The Labute approximate surface area is 188 Å². The summed E-state index contributed by atoms with van der Waals surface area (Å²) in [5, 5.41) is 3.31. The Hall–Kier alpha value is -3.79. The molecule has 32 heavy (non-hydrogen) atoms. The number of nitrogens with zero attached hydrogens (tertiary/aromatic N) is 2. The van der Waals surface area contributed by atoms with Crippen molar-refractivity contribution in [2.45, 2.75) is 5.16 Å². The molecule has 166 valence electrons. The first-order chi connectivity index (χ1) is 15.4. The highest BCUT2D eigenvalue weighted by molar-refractivity contribution is 7.99. The van der Waals surface area contributed by atoms with Crippen molar-refractivity contribution in [2.24, 2.45) is 0 Å². The fourth-order valence-corrected chi connectivity index (χ4v) is 3.62. The van der Waals surface area contributed by atoms with Gasteiger partial charge in [0.05, 0.1) is 43.9 Å². The van der Waals surface area contributed by atoms with Gasteiger partial charge in [-0.2, -0.15) is 0 Å².